The third kappa shape index (κ3) is 4.96. The molecule has 0 radical (unpaired) electrons. The van der Waals surface area contributed by atoms with Crippen molar-refractivity contribution in [2.24, 2.45) is 5.73 Å². The summed E-state index contributed by atoms with van der Waals surface area (Å²) >= 11 is 0. The number of nitrogens with two attached hydrogens (primary N) is 1. The first-order chi connectivity index (χ1) is 11.6. The number of aromatic carboxylic acids is 1. The standard InChI is InChI=1S/C11H7FN2O2.C7H9N/c12-9-3-1-2-7(4-9)10-13-5-8(6-14-10)11(15)16;8-6-7-4-2-1-3-5-7/h1-6H,(H,15,16);1-5H,6,8H2. The number of benzene rings is 2. The quantitative estimate of drug-likeness (QED) is 0.772. The van der Waals surface area contributed by atoms with Crippen LogP contribution < -0.4 is 5.73 Å². The van der Waals surface area contributed by atoms with E-state index in [2.05, 4.69) is 9.97 Å². The van der Waals surface area contributed by atoms with Gasteiger partial charge in [0.25, 0.3) is 0 Å². The van der Waals surface area contributed by atoms with Crippen molar-refractivity contribution in [1.29, 1.82) is 0 Å². The summed E-state index contributed by atoms with van der Waals surface area (Å²) in [7, 11) is 0. The largest absolute Gasteiger partial charge is 0.478 e. The maximum absolute atomic E-state index is 12.9. The summed E-state index contributed by atoms with van der Waals surface area (Å²) in [6.45, 7) is 0.640. The molecule has 3 N–H and O–H groups in total. The maximum Gasteiger partial charge on any atom is 0.338 e. The van der Waals surface area contributed by atoms with E-state index < -0.39 is 5.97 Å². The number of carbonyl (C=O) groups is 1. The molecule has 1 heterocycles. The molecule has 0 saturated carbocycles. The van der Waals surface area contributed by atoms with Crippen LogP contribution in [0.1, 0.15) is 15.9 Å². The SMILES string of the molecule is NCc1ccccc1.O=C(O)c1cnc(-c2cccc(F)c2)nc1. The van der Waals surface area contributed by atoms with Crippen molar-refractivity contribution in [3.05, 3.63) is 83.9 Å². The lowest BCUT2D eigenvalue weighted by molar-refractivity contribution is 0.0696. The molecule has 0 saturated heterocycles. The molecule has 0 aliphatic carbocycles. The first-order valence-electron chi connectivity index (χ1n) is 7.15. The van der Waals surface area contributed by atoms with Gasteiger partial charge >= 0.3 is 5.97 Å². The summed E-state index contributed by atoms with van der Waals surface area (Å²) in [6.07, 6.45) is 2.38. The summed E-state index contributed by atoms with van der Waals surface area (Å²) in [5.74, 6) is -1.18. The van der Waals surface area contributed by atoms with Crippen molar-refractivity contribution >= 4 is 5.97 Å². The van der Waals surface area contributed by atoms with E-state index in [0.717, 1.165) is 0 Å². The highest BCUT2D eigenvalue weighted by Gasteiger charge is 2.06. The third-order valence-electron chi connectivity index (χ3n) is 3.06. The van der Waals surface area contributed by atoms with Gasteiger partial charge in [0.2, 0.25) is 0 Å². The molecule has 0 aliphatic rings. The zero-order valence-corrected chi connectivity index (χ0v) is 12.8. The Kier molecular flexibility index (Phi) is 6.10. The van der Waals surface area contributed by atoms with E-state index >= 15 is 0 Å². The number of aromatic nitrogens is 2. The number of halogens is 1. The van der Waals surface area contributed by atoms with Crippen LogP contribution in [0.3, 0.4) is 0 Å². The van der Waals surface area contributed by atoms with Gasteiger partial charge in [-0.15, -0.1) is 0 Å². The molecule has 122 valence electrons. The predicted molar refractivity (Wildman–Crippen MR) is 88.7 cm³/mol. The summed E-state index contributed by atoms with van der Waals surface area (Å²) in [5.41, 5.74) is 7.05. The highest BCUT2D eigenvalue weighted by Crippen LogP contribution is 2.15. The minimum atomic E-state index is -1.09. The molecular formula is C18H16FN3O2. The summed E-state index contributed by atoms with van der Waals surface area (Å²) < 4.78 is 12.9. The van der Waals surface area contributed by atoms with E-state index in [9.17, 15) is 9.18 Å². The molecule has 0 aliphatic heterocycles. The fourth-order valence-electron chi connectivity index (χ4n) is 1.83. The molecule has 0 atom stereocenters. The molecule has 3 rings (SSSR count). The summed E-state index contributed by atoms with van der Waals surface area (Å²) in [5, 5.41) is 8.65. The van der Waals surface area contributed by atoms with Crippen LogP contribution in [0.25, 0.3) is 11.4 Å². The fourth-order valence-corrected chi connectivity index (χ4v) is 1.83. The van der Waals surface area contributed by atoms with Gasteiger partial charge in [0.05, 0.1) is 5.56 Å². The first-order valence-corrected chi connectivity index (χ1v) is 7.15. The van der Waals surface area contributed by atoms with Crippen molar-refractivity contribution in [2.45, 2.75) is 6.54 Å². The minimum absolute atomic E-state index is 0.000142. The predicted octanol–water partition coefficient (Wildman–Crippen LogP) is 3.13. The van der Waals surface area contributed by atoms with Gasteiger partial charge in [0.15, 0.2) is 5.82 Å². The van der Waals surface area contributed by atoms with E-state index in [1.807, 2.05) is 30.3 Å². The van der Waals surface area contributed by atoms with Crippen molar-refractivity contribution in [1.82, 2.24) is 9.97 Å². The number of carboxylic acid groups (broad SMARTS) is 1. The van der Waals surface area contributed by atoms with E-state index in [-0.39, 0.29) is 11.4 Å². The van der Waals surface area contributed by atoms with Crippen LogP contribution in [0.5, 0.6) is 0 Å². The van der Waals surface area contributed by atoms with Gasteiger partial charge in [-0.05, 0) is 17.7 Å². The molecule has 1 aromatic heterocycles. The first kappa shape index (κ1) is 17.2. The Morgan fingerprint density at radius 2 is 1.71 bits per heavy atom. The number of nitrogens with zero attached hydrogens (tertiary/aromatic N) is 2. The molecular weight excluding hydrogens is 309 g/mol. The van der Waals surface area contributed by atoms with Crippen LogP contribution in [0.15, 0.2) is 67.0 Å². The van der Waals surface area contributed by atoms with Crippen molar-refractivity contribution in [2.75, 3.05) is 0 Å². The summed E-state index contributed by atoms with van der Waals surface area (Å²) in [4.78, 5) is 18.3. The van der Waals surface area contributed by atoms with Gasteiger partial charge in [-0.3, -0.25) is 0 Å². The number of rotatable bonds is 3. The van der Waals surface area contributed by atoms with E-state index in [1.165, 1.54) is 30.1 Å². The zero-order valence-electron chi connectivity index (χ0n) is 12.8. The van der Waals surface area contributed by atoms with E-state index in [1.54, 1.807) is 12.1 Å². The Bertz CT molecular complexity index is 793. The summed E-state index contributed by atoms with van der Waals surface area (Å²) in [6, 6.07) is 15.8. The average molecular weight is 325 g/mol. The second-order valence-corrected chi connectivity index (χ2v) is 4.80. The molecule has 5 nitrogen and oxygen atoms in total. The third-order valence-corrected chi connectivity index (χ3v) is 3.06. The Morgan fingerprint density at radius 3 is 2.21 bits per heavy atom. The normalized spacial score (nSPS) is 9.75. The Morgan fingerprint density at radius 1 is 1.04 bits per heavy atom. The highest BCUT2D eigenvalue weighted by atomic mass is 19.1. The van der Waals surface area contributed by atoms with Crippen LogP contribution in [-0.4, -0.2) is 21.0 Å². The molecule has 3 aromatic rings. The molecule has 0 fully saturated rings. The average Bonchev–Trinajstić information content (AvgIpc) is 2.63. The number of hydrogen-bond donors (Lipinski definition) is 2. The Hall–Kier alpha value is -3.12. The molecule has 0 spiro atoms. The van der Waals surface area contributed by atoms with Crippen LogP contribution >= 0.6 is 0 Å². The topological polar surface area (TPSA) is 89.1 Å². The molecule has 6 heteroatoms. The van der Waals surface area contributed by atoms with Gasteiger partial charge < -0.3 is 10.8 Å². The van der Waals surface area contributed by atoms with Crippen LogP contribution in [0.2, 0.25) is 0 Å². The lowest BCUT2D eigenvalue weighted by Crippen LogP contribution is -1.99. The Labute approximate surface area is 138 Å². The van der Waals surface area contributed by atoms with Crippen LogP contribution in [0.4, 0.5) is 4.39 Å². The van der Waals surface area contributed by atoms with Gasteiger partial charge in [0.1, 0.15) is 5.82 Å². The van der Waals surface area contributed by atoms with Crippen LogP contribution in [-0.2, 0) is 6.54 Å². The molecule has 2 aromatic carbocycles. The molecule has 0 amide bonds. The van der Waals surface area contributed by atoms with Crippen molar-refractivity contribution < 1.29 is 14.3 Å². The minimum Gasteiger partial charge on any atom is -0.478 e. The maximum atomic E-state index is 12.9. The zero-order chi connectivity index (χ0) is 17.4. The second-order valence-electron chi connectivity index (χ2n) is 4.80. The van der Waals surface area contributed by atoms with Crippen molar-refractivity contribution in [3.8, 4) is 11.4 Å². The highest BCUT2D eigenvalue weighted by molar-refractivity contribution is 5.86. The number of carboxylic acids is 1. The lowest BCUT2D eigenvalue weighted by Gasteiger charge is -2.00. The van der Waals surface area contributed by atoms with Gasteiger partial charge in [0, 0.05) is 24.5 Å². The van der Waals surface area contributed by atoms with E-state index in [4.69, 9.17) is 10.8 Å². The van der Waals surface area contributed by atoms with Gasteiger partial charge in [-0.1, -0.05) is 42.5 Å². The Balaban J connectivity index is 0.000000219. The lowest BCUT2D eigenvalue weighted by atomic mass is 10.2. The molecule has 0 unspecified atom stereocenters. The van der Waals surface area contributed by atoms with Gasteiger partial charge in [-0.25, -0.2) is 19.2 Å². The smallest absolute Gasteiger partial charge is 0.338 e. The van der Waals surface area contributed by atoms with Crippen LogP contribution in [0, 0.1) is 5.82 Å². The number of hydrogen-bond acceptors (Lipinski definition) is 4. The molecule has 0 bridgehead atoms. The monoisotopic (exact) mass is 325 g/mol. The van der Waals surface area contributed by atoms with E-state index in [0.29, 0.717) is 17.9 Å². The molecule has 24 heavy (non-hydrogen) atoms. The second kappa shape index (κ2) is 8.50. The fraction of sp³-hybridized carbons (Fsp3) is 0.0556. The van der Waals surface area contributed by atoms with Crippen molar-refractivity contribution in [3.63, 3.8) is 0 Å². The van der Waals surface area contributed by atoms with Gasteiger partial charge in [-0.2, -0.15) is 0 Å².